The summed E-state index contributed by atoms with van der Waals surface area (Å²) >= 11 is 1.47. The van der Waals surface area contributed by atoms with E-state index < -0.39 is 0 Å². The molecule has 27 heavy (non-hydrogen) atoms. The number of rotatable bonds is 4. The van der Waals surface area contributed by atoms with Crippen molar-refractivity contribution in [1.29, 1.82) is 0 Å². The highest BCUT2D eigenvalue weighted by Gasteiger charge is 2.42. The van der Waals surface area contributed by atoms with Crippen LogP contribution in [0.15, 0.2) is 58.5 Å². The summed E-state index contributed by atoms with van der Waals surface area (Å²) in [6, 6.07) is 13.8. The van der Waals surface area contributed by atoms with Crippen LogP contribution in [0.4, 0.5) is 10.1 Å². The third kappa shape index (κ3) is 3.30. The number of nitrogens with zero attached hydrogens (tertiary/aromatic N) is 3. The summed E-state index contributed by atoms with van der Waals surface area (Å²) in [6.45, 7) is 4.13. The first kappa shape index (κ1) is 17.9. The summed E-state index contributed by atoms with van der Waals surface area (Å²) in [5.41, 5.74) is 2.70. The lowest BCUT2D eigenvalue weighted by atomic mass is 10.00. The molecule has 2 aliphatic heterocycles. The summed E-state index contributed by atoms with van der Waals surface area (Å²) in [5, 5.41) is 0.632. The van der Waals surface area contributed by atoms with Crippen LogP contribution in [0.1, 0.15) is 31.4 Å². The molecule has 0 aromatic heterocycles. The van der Waals surface area contributed by atoms with Crippen LogP contribution < -0.4 is 0 Å². The van der Waals surface area contributed by atoms with Gasteiger partial charge in [0.2, 0.25) is 0 Å². The fourth-order valence-corrected chi connectivity index (χ4v) is 4.15. The Morgan fingerprint density at radius 3 is 2.67 bits per heavy atom. The van der Waals surface area contributed by atoms with Crippen molar-refractivity contribution in [3.8, 4) is 0 Å². The second-order valence-corrected chi connectivity index (χ2v) is 7.73. The fourth-order valence-electron chi connectivity index (χ4n) is 3.19. The first-order chi connectivity index (χ1) is 13.1. The van der Waals surface area contributed by atoms with E-state index in [-0.39, 0.29) is 23.7 Å². The number of halogens is 1. The van der Waals surface area contributed by atoms with Gasteiger partial charge < -0.3 is 0 Å². The molecule has 0 fully saturated rings. The van der Waals surface area contributed by atoms with E-state index in [1.807, 2.05) is 24.3 Å². The lowest BCUT2D eigenvalue weighted by Gasteiger charge is -2.26. The molecule has 0 radical (unpaired) electrons. The summed E-state index contributed by atoms with van der Waals surface area (Å²) in [7, 11) is 0. The highest BCUT2D eigenvalue weighted by molar-refractivity contribution is 8.13. The number of amidine groups is 2. The van der Waals surface area contributed by atoms with Crippen molar-refractivity contribution in [2.75, 3.05) is 0 Å². The summed E-state index contributed by atoms with van der Waals surface area (Å²) in [4.78, 5) is 24.2. The third-order valence-electron chi connectivity index (χ3n) is 4.96. The van der Waals surface area contributed by atoms with E-state index in [0.717, 1.165) is 23.2 Å². The molecule has 0 spiro atoms. The molecule has 0 saturated carbocycles. The Balaban J connectivity index is 1.67. The smallest absolute Gasteiger partial charge is 0.259 e. The van der Waals surface area contributed by atoms with Crippen molar-refractivity contribution in [1.82, 2.24) is 4.90 Å². The van der Waals surface area contributed by atoms with Gasteiger partial charge in [0, 0.05) is 11.3 Å². The van der Waals surface area contributed by atoms with Crippen LogP contribution in [0.2, 0.25) is 0 Å². The number of thioether (sulfide) groups is 1. The zero-order chi connectivity index (χ0) is 19.0. The number of fused-ring (bicyclic) bond motifs is 3. The molecule has 2 heterocycles. The maximum absolute atomic E-state index is 13.1. The molecule has 2 aromatic rings. The van der Waals surface area contributed by atoms with Gasteiger partial charge >= 0.3 is 0 Å². The predicted octanol–water partition coefficient (Wildman–Crippen LogP) is 4.76. The van der Waals surface area contributed by atoms with Crippen LogP contribution in [0.5, 0.6) is 0 Å². The third-order valence-corrected chi connectivity index (χ3v) is 5.97. The second-order valence-electron chi connectivity index (χ2n) is 6.78. The fraction of sp³-hybridized carbons (Fsp3) is 0.286. The molecule has 0 aliphatic carbocycles. The Labute approximate surface area is 162 Å². The van der Waals surface area contributed by atoms with Crippen LogP contribution in [0.3, 0.4) is 0 Å². The van der Waals surface area contributed by atoms with Crippen molar-refractivity contribution in [3.63, 3.8) is 0 Å². The zero-order valence-corrected chi connectivity index (χ0v) is 16.0. The first-order valence-corrected chi connectivity index (χ1v) is 10.0. The van der Waals surface area contributed by atoms with Crippen LogP contribution >= 0.6 is 11.8 Å². The van der Waals surface area contributed by atoms with Crippen molar-refractivity contribution in [3.05, 3.63) is 65.5 Å². The topological polar surface area (TPSA) is 45.0 Å². The number of hydrogen-bond donors (Lipinski definition) is 0. The minimum atomic E-state index is -0.368. The lowest BCUT2D eigenvalue weighted by molar-refractivity contribution is -0.125. The largest absolute Gasteiger partial charge is 0.271 e. The maximum atomic E-state index is 13.1. The Kier molecular flexibility index (Phi) is 4.83. The standard InChI is InChI=1S/C21H20FN3OS/c1-3-13(2)18-20(26)25-19(24-18)16-6-4-5-7-17(16)23-21(25)27-12-14-8-10-15(22)11-9-14/h4-11,13,18H,3,12H2,1-2H3/t13-,18-/m0/s1. The molecule has 2 aliphatic rings. The number of para-hydroxylation sites is 1. The molecule has 1 amide bonds. The molecule has 2 atom stereocenters. The summed E-state index contributed by atoms with van der Waals surface area (Å²) < 4.78 is 13.1. The van der Waals surface area contributed by atoms with E-state index >= 15 is 0 Å². The van der Waals surface area contributed by atoms with Gasteiger partial charge in [-0.3, -0.25) is 9.79 Å². The van der Waals surface area contributed by atoms with Gasteiger partial charge in [0.25, 0.3) is 5.91 Å². The van der Waals surface area contributed by atoms with Gasteiger partial charge in [0.15, 0.2) is 5.17 Å². The number of hydrogen-bond acceptors (Lipinski definition) is 4. The molecule has 0 unspecified atom stereocenters. The van der Waals surface area contributed by atoms with Gasteiger partial charge in [0.05, 0.1) is 5.69 Å². The Bertz CT molecular complexity index is 939. The SMILES string of the molecule is CC[C@H](C)[C@@H]1N=C2c3ccccc3N=C(SCc3ccc(F)cc3)N2C1=O. The minimum absolute atomic E-state index is 0.0146. The lowest BCUT2D eigenvalue weighted by Crippen LogP contribution is -2.42. The van der Waals surface area contributed by atoms with Crippen molar-refractivity contribution in [2.45, 2.75) is 32.1 Å². The average Bonchev–Trinajstić information content (AvgIpc) is 3.04. The molecule has 0 N–H and O–H groups in total. The zero-order valence-electron chi connectivity index (χ0n) is 15.2. The van der Waals surface area contributed by atoms with E-state index in [0.29, 0.717) is 16.8 Å². The molecule has 4 rings (SSSR count). The summed E-state index contributed by atoms with van der Waals surface area (Å²) in [6.07, 6.45) is 0.887. The van der Waals surface area contributed by atoms with Gasteiger partial charge in [0.1, 0.15) is 17.7 Å². The molecule has 138 valence electrons. The average molecular weight is 381 g/mol. The Morgan fingerprint density at radius 2 is 1.93 bits per heavy atom. The highest BCUT2D eigenvalue weighted by Crippen LogP contribution is 2.35. The molecule has 6 heteroatoms. The van der Waals surface area contributed by atoms with Gasteiger partial charge in [-0.1, -0.05) is 56.3 Å². The number of amides is 1. The van der Waals surface area contributed by atoms with Crippen molar-refractivity contribution < 1.29 is 9.18 Å². The predicted molar refractivity (Wildman–Crippen MR) is 108 cm³/mol. The van der Waals surface area contributed by atoms with E-state index in [1.54, 1.807) is 17.0 Å². The normalized spacial score (nSPS) is 19.3. The quantitative estimate of drug-likeness (QED) is 0.766. The van der Waals surface area contributed by atoms with E-state index in [9.17, 15) is 9.18 Å². The van der Waals surface area contributed by atoms with Gasteiger partial charge in [-0.25, -0.2) is 14.3 Å². The van der Waals surface area contributed by atoms with Crippen molar-refractivity contribution in [2.24, 2.45) is 15.9 Å². The van der Waals surface area contributed by atoms with E-state index in [4.69, 9.17) is 9.98 Å². The van der Waals surface area contributed by atoms with Crippen LogP contribution in [-0.2, 0) is 10.5 Å². The molecule has 2 aromatic carbocycles. The van der Waals surface area contributed by atoms with Gasteiger partial charge in [-0.15, -0.1) is 0 Å². The number of carbonyl (C=O) groups excluding carboxylic acids is 1. The number of aliphatic imine (C=N–C) groups is 2. The molecular formula is C21H20FN3OS. The van der Waals surface area contributed by atoms with Crippen LogP contribution in [0.25, 0.3) is 0 Å². The minimum Gasteiger partial charge on any atom is -0.271 e. The molecule has 4 nitrogen and oxygen atoms in total. The molecular weight excluding hydrogens is 361 g/mol. The van der Waals surface area contributed by atoms with Gasteiger partial charge in [-0.05, 0) is 35.7 Å². The molecule has 0 saturated heterocycles. The van der Waals surface area contributed by atoms with Crippen LogP contribution in [-0.4, -0.2) is 27.9 Å². The summed E-state index contributed by atoms with van der Waals surface area (Å²) in [5.74, 6) is 1.20. The highest BCUT2D eigenvalue weighted by atomic mass is 32.2. The van der Waals surface area contributed by atoms with Gasteiger partial charge in [-0.2, -0.15) is 0 Å². The van der Waals surface area contributed by atoms with Crippen LogP contribution in [0, 0.1) is 11.7 Å². The molecule has 0 bridgehead atoms. The Morgan fingerprint density at radius 1 is 1.19 bits per heavy atom. The first-order valence-electron chi connectivity index (χ1n) is 9.05. The Hall–Kier alpha value is -2.47. The second kappa shape index (κ2) is 7.27. The monoisotopic (exact) mass is 381 g/mol. The van der Waals surface area contributed by atoms with E-state index in [1.165, 1.54) is 23.9 Å². The maximum Gasteiger partial charge on any atom is 0.259 e. The van der Waals surface area contributed by atoms with E-state index in [2.05, 4.69) is 13.8 Å². The number of benzene rings is 2. The number of carbonyl (C=O) groups is 1. The van der Waals surface area contributed by atoms with Crippen molar-refractivity contribution >= 4 is 34.4 Å².